The zero-order valence-electron chi connectivity index (χ0n) is 18.7. The number of fused-ring (bicyclic) bond motifs is 1. The molecule has 3 nitrogen and oxygen atoms in total. The zero-order valence-corrected chi connectivity index (χ0v) is 18.7. The van der Waals surface area contributed by atoms with Gasteiger partial charge in [-0.1, -0.05) is 48.5 Å². The van der Waals surface area contributed by atoms with Crippen LogP contribution in [0.15, 0.2) is 90.5 Å². The first-order valence-electron chi connectivity index (χ1n) is 11.0. The number of hydrogen-bond acceptors (Lipinski definition) is 3. The maximum Gasteiger partial charge on any atom is 0.417 e. The molecular weight excluding hydrogens is 454 g/mol. The van der Waals surface area contributed by atoms with E-state index in [0.717, 1.165) is 22.9 Å². The van der Waals surface area contributed by atoms with Crippen molar-refractivity contribution in [3.05, 3.63) is 107 Å². The highest BCUT2D eigenvalue weighted by Gasteiger charge is 2.33. The first-order valence-corrected chi connectivity index (χ1v) is 11.0. The van der Waals surface area contributed by atoms with Gasteiger partial charge in [-0.2, -0.15) is 13.2 Å². The Morgan fingerprint density at radius 1 is 0.829 bits per heavy atom. The van der Waals surface area contributed by atoms with Crippen LogP contribution in [0.2, 0.25) is 0 Å². The van der Waals surface area contributed by atoms with Crippen LogP contribution in [0, 0.1) is 5.82 Å². The molecule has 3 aromatic carbocycles. The molecule has 0 aliphatic carbocycles. The zero-order chi connectivity index (χ0) is 24.6. The van der Waals surface area contributed by atoms with E-state index in [1.54, 1.807) is 24.3 Å². The number of anilines is 2. The molecule has 0 bridgehead atoms. The van der Waals surface area contributed by atoms with Gasteiger partial charge in [0.25, 0.3) is 0 Å². The molecule has 0 unspecified atom stereocenters. The number of rotatable bonds is 4. The Bertz CT molecular complexity index is 1430. The van der Waals surface area contributed by atoms with E-state index >= 15 is 0 Å². The van der Waals surface area contributed by atoms with Crippen molar-refractivity contribution in [2.45, 2.75) is 13.1 Å². The van der Waals surface area contributed by atoms with Crippen molar-refractivity contribution in [3.8, 4) is 22.5 Å². The summed E-state index contributed by atoms with van der Waals surface area (Å²) in [6.45, 7) is 2.48. The van der Waals surface area contributed by atoms with Crippen molar-refractivity contribution in [1.82, 2.24) is 4.98 Å². The van der Waals surface area contributed by atoms with Gasteiger partial charge in [-0.15, -0.1) is 0 Å². The van der Waals surface area contributed by atoms with Crippen LogP contribution in [0.25, 0.3) is 28.2 Å². The topological polar surface area (TPSA) is 37.0 Å². The van der Waals surface area contributed by atoms with Crippen LogP contribution >= 0.6 is 0 Å². The third-order valence-corrected chi connectivity index (χ3v) is 5.89. The van der Waals surface area contributed by atoms with Crippen LogP contribution in [0.3, 0.4) is 0 Å². The van der Waals surface area contributed by atoms with Gasteiger partial charge in [-0.3, -0.25) is 0 Å². The molecule has 0 amide bonds. The van der Waals surface area contributed by atoms with Crippen LogP contribution in [0.4, 0.5) is 28.9 Å². The number of aromatic nitrogens is 1. The van der Waals surface area contributed by atoms with Gasteiger partial charge in [-0.25, -0.2) is 9.37 Å². The van der Waals surface area contributed by atoms with Gasteiger partial charge in [0.2, 0.25) is 0 Å². The second kappa shape index (κ2) is 8.91. The van der Waals surface area contributed by atoms with Crippen LogP contribution in [0.1, 0.15) is 18.1 Å². The number of hydrogen-bond donors (Lipinski definition) is 2. The molecule has 1 aliphatic heterocycles. The van der Waals surface area contributed by atoms with E-state index in [9.17, 15) is 17.6 Å². The van der Waals surface area contributed by atoms with Crippen molar-refractivity contribution < 1.29 is 17.6 Å². The second-order valence-electron chi connectivity index (χ2n) is 8.36. The summed E-state index contributed by atoms with van der Waals surface area (Å²) in [6.07, 6.45) is -4.53. The summed E-state index contributed by atoms with van der Waals surface area (Å²) in [7, 11) is 0. The summed E-state index contributed by atoms with van der Waals surface area (Å²) in [5.41, 5.74) is 4.35. The Morgan fingerprint density at radius 2 is 1.54 bits per heavy atom. The third-order valence-electron chi connectivity index (χ3n) is 5.89. The molecule has 35 heavy (non-hydrogen) atoms. The highest BCUT2D eigenvalue weighted by atomic mass is 19.4. The fourth-order valence-corrected chi connectivity index (χ4v) is 4.19. The number of benzene rings is 3. The van der Waals surface area contributed by atoms with Crippen LogP contribution in [0.5, 0.6) is 0 Å². The highest BCUT2D eigenvalue weighted by Crippen LogP contribution is 2.39. The summed E-state index contributed by atoms with van der Waals surface area (Å²) in [5.74, 6) is -0.376. The molecule has 0 fully saturated rings. The van der Waals surface area contributed by atoms with E-state index in [0.29, 0.717) is 29.2 Å². The predicted molar refractivity (Wildman–Crippen MR) is 131 cm³/mol. The summed E-state index contributed by atoms with van der Waals surface area (Å²) < 4.78 is 55.4. The molecule has 2 N–H and O–H groups in total. The van der Waals surface area contributed by atoms with E-state index in [-0.39, 0.29) is 17.1 Å². The fourth-order valence-electron chi connectivity index (χ4n) is 4.19. The molecule has 2 heterocycles. The Morgan fingerprint density at radius 3 is 2.31 bits per heavy atom. The standard InChI is InChI=1S/C28H21F4N3/c1-17-16-33-24-12-11-19(29)13-22(24)27(17)34-20-14-25(18-7-3-2-4-8-18)35-26(15-20)21-9-5-6-10-23(21)28(30,31)32/h2-15,33H,16H2,1H3,(H,34,35). The number of alkyl halides is 3. The quantitative estimate of drug-likeness (QED) is 0.295. The molecule has 1 aromatic heterocycles. The Kier molecular flexibility index (Phi) is 5.76. The monoisotopic (exact) mass is 475 g/mol. The van der Waals surface area contributed by atoms with Crippen LogP contribution in [-0.4, -0.2) is 11.5 Å². The lowest BCUT2D eigenvalue weighted by Crippen LogP contribution is -2.17. The molecule has 7 heteroatoms. The van der Waals surface area contributed by atoms with E-state index in [1.165, 1.54) is 24.3 Å². The van der Waals surface area contributed by atoms with Gasteiger partial charge in [0, 0.05) is 40.3 Å². The van der Waals surface area contributed by atoms with E-state index in [4.69, 9.17) is 0 Å². The van der Waals surface area contributed by atoms with Gasteiger partial charge in [0.05, 0.1) is 17.0 Å². The Balaban J connectivity index is 1.67. The normalized spacial score (nSPS) is 13.3. The van der Waals surface area contributed by atoms with Gasteiger partial charge in [0.15, 0.2) is 0 Å². The number of halogens is 4. The highest BCUT2D eigenvalue weighted by molar-refractivity contribution is 5.89. The lowest BCUT2D eigenvalue weighted by molar-refractivity contribution is -0.137. The second-order valence-corrected chi connectivity index (χ2v) is 8.36. The summed E-state index contributed by atoms with van der Waals surface area (Å²) in [4.78, 5) is 4.59. The van der Waals surface area contributed by atoms with E-state index in [2.05, 4.69) is 15.6 Å². The minimum absolute atomic E-state index is 0.0108. The number of pyridine rings is 1. The van der Waals surface area contributed by atoms with Gasteiger partial charge >= 0.3 is 6.18 Å². The minimum Gasteiger partial charge on any atom is -0.381 e. The average Bonchev–Trinajstić information content (AvgIpc) is 2.86. The first-order chi connectivity index (χ1) is 16.8. The average molecular weight is 475 g/mol. The Hall–Kier alpha value is -4.13. The number of nitrogens with zero attached hydrogens (tertiary/aromatic N) is 1. The molecular formula is C28H21F4N3. The third kappa shape index (κ3) is 4.62. The van der Waals surface area contributed by atoms with Crippen molar-refractivity contribution in [3.63, 3.8) is 0 Å². The molecule has 0 atom stereocenters. The summed E-state index contributed by atoms with van der Waals surface area (Å²) >= 11 is 0. The maximum atomic E-state index is 14.1. The molecule has 0 saturated heterocycles. The maximum absolute atomic E-state index is 14.1. The molecule has 0 radical (unpaired) electrons. The molecule has 0 saturated carbocycles. The van der Waals surface area contributed by atoms with Crippen molar-refractivity contribution in [2.24, 2.45) is 0 Å². The van der Waals surface area contributed by atoms with Gasteiger partial charge in [-0.05, 0) is 48.9 Å². The lowest BCUT2D eigenvalue weighted by atomic mass is 9.99. The first kappa shape index (κ1) is 22.7. The molecule has 1 aliphatic rings. The SMILES string of the molecule is CC1=C(Nc2cc(-c3ccccc3)nc(-c3ccccc3C(F)(F)F)c2)c2cc(F)ccc2NC1. The van der Waals surface area contributed by atoms with E-state index < -0.39 is 11.7 Å². The summed E-state index contributed by atoms with van der Waals surface area (Å²) in [6, 6.07) is 22.5. The largest absolute Gasteiger partial charge is 0.417 e. The van der Waals surface area contributed by atoms with Gasteiger partial charge in [0.1, 0.15) is 5.82 Å². The minimum atomic E-state index is -4.53. The predicted octanol–water partition coefficient (Wildman–Crippen LogP) is 7.84. The van der Waals surface area contributed by atoms with Gasteiger partial charge < -0.3 is 10.6 Å². The van der Waals surface area contributed by atoms with Crippen LogP contribution < -0.4 is 10.6 Å². The van der Waals surface area contributed by atoms with Crippen molar-refractivity contribution in [1.29, 1.82) is 0 Å². The molecule has 0 spiro atoms. The smallest absolute Gasteiger partial charge is 0.381 e. The van der Waals surface area contributed by atoms with Crippen molar-refractivity contribution in [2.75, 3.05) is 17.2 Å². The van der Waals surface area contributed by atoms with Crippen LogP contribution in [-0.2, 0) is 6.18 Å². The van der Waals surface area contributed by atoms with E-state index in [1.807, 2.05) is 37.3 Å². The lowest BCUT2D eigenvalue weighted by Gasteiger charge is -2.25. The molecule has 176 valence electrons. The summed E-state index contributed by atoms with van der Waals surface area (Å²) in [5, 5.41) is 6.60. The number of nitrogens with one attached hydrogen (secondary N) is 2. The van der Waals surface area contributed by atoms with Crippen molar-refractivity contribution >= 4 is 17.1 Å². The molecule has 4 aromatic rings. The molecule has 5 rings (SSSR count). The Labute approximate surface area is 200 Å². The fraction of sp³-hybridized carbons (Fsp3) is 0.107.